The van der Waals surface area contributed by atoms with Gasteiger partial charge in [0.25, 0.3) is 5.91 Å². The molecule has 0 atom stereocenters. The van der Waals surface area contributed by atoms with Gasteiger partial charge in [0.2, 0.25) is 0 Å². The van der Waals surface area contributed by atoms with E-state index < -0.39 is 0 Å². The molecule has 0 saturated heterocycles. The van der Waals surface area contributed by atoms with Gasteiger partial charge in [-0.05, 0) is 48.9 Å². The summed E-state index contributed by atoms with van der Waals surface area (Å²) in [6.07, 6.45) is 2.54. The average Bonchev–Trinajstić information content (AvgIpc) is 3.03. The highest BCUT2D eigenvalue weighted by Crippen LogP contribution is 2.31. The lowest BCUT2D eigenvalue weighted by Crippen LogP contribution is -2.21. The smallest absolute Gasteiger partial charge is 0.253 e. The van der Waals surface area contributed by atoms with Gasteiger partial charge in [-0.1, -0.05) is 13.3 Å². The fourth-order valence-corrected chi connectivity index (χ4v) is 3.06. The van der Waals surface area contributed by atoms with E-state index in [1.165, 1.54) is 17.0 Å². The standard InChI is InChI=1S/C22H23NO4/c1-4-5-6-19-20(21(25)14-7-10-16(24)11-8-14)17-13-15(22(26)23(2)3)9-12-18(17)27-19/h7-13,24H,4-6H2,1-3H3. The predicted molar refractivity (Wildman–Crippen MR) is 104 cm³/mol. The predicted octanol–water partition coefficient (Wildman–Crippen LogP) is 4.41. The highest BCUT2D eigenvalue weighted by molar-refractivity contribution is 6.17. The topological polar surface area (TPSA) is 70.8 Å². The molecule has 5 nitrogen and oxygen atoms in total. The first-order valence-electron chi connectivity index (χ1n) is 9.03. The van der Waals surface area contributed by atoms with Crippen LogP contribution in [-0.2, 0) is 6.42 Å². The number of unbranched alkanes of at least 4 members (excludes halogenated alkanes) is 1. The van der Waals surface area contributed by atoms with Crippen molar-refractivity contribution in [2.24, 2.45) is 0 Å². The second kappa shape index (κ2) is 7.66. The molecule has 0 aliphatic carbocycles. The molecule has 3 aromatic rings. The van der Waals surface area contributed by atoms with Crippen molar-refractivity contribution < 1.29 is 19.1 Å². The normalized spacial score (nSPS) is 10.9. The minimum absolute atomic E-state index is 0.105. The van der Waals surface area contributed by atoms with Gasteiger partial charge in [-0.15, -0.1) is 0 Å². The third-order valence-electron chi connectivity index (χ3n) is 4.53. The van der Waals surface area contributed by atoms with Gasteiger partial charge in [-0.3, -0.25) is 9.59 Å². The van der Waals surface area contributed by atoms with E-state index in [2.05, 4.69) is 6.92 Å². The lowest BCUT2D eigenvalue weighted by molar-refractivity contribution is 0.0827. The molecule has 0 bridgehead atoms. The minimum Gasteiger partial charge on any atom is -0.508 e. The molecule has 0 unspecified atom stereocenters. The number of carbonyl (C=O) groups is 2. The zero-order chi connectivity index (χ0) is 19.6. The summed E-state index contributed by atoms with van der Waals surface area (Å²) >= 11 is 0. The van der Waals surface area contributed by atoms with Gasteiger partial charge in [-0.2, -0.15) is 0 Å². The van der Waals surface area contributed by atoms with E-state index in [9.17, 15) is 14.7 Å². The number of ketones is 1. The van der Waals surface area contributed by atoms with E-state index in [0.29, 0.717) is 39.8 Å². The highest BCUT2D eigenvalue weighted by Gasteiger charge is 2.23. The summed E-state index contributed by atoms with van der Waals surface area (Å²) in [7, 11) is 3.38. The molecule has 140 valence electrons. The van der Waals surface area contributed by atoms with Crippen LogP contribution in [-0.4, -0.2) is 35.8 Å². The molecule has 0 fully saturated rings. The van der Waals surface area contributed by atoms with Gasteiger partial charge < -0.3 is 14.4 Å². The zero-order valence-electron chi connectivity index (χ0n) is 15.8. The molecule has 0 aliphatic rings. The van der Waals surface area contributed by atoms with Crippen LogP contribution in [0.4, 0.5) is 0 Å². The first-order chi connectivity index (χ1) is 12.9. The van der Waals surface area contributed by atoms with E-state index in [1.807, 2.05) is 0 Å². The molecule has 0 saturated carbocycles. The van der Waals surface area contributed by atoms with E-state index in [1.54, 1.807) is 44.4 Å². The fraction of sp³-hybridized carbons (Fsp3) is 0.273. The first-order valence-corrected chi connectivity index (χ1v) is 9.03. The minimum atomic E-state index is -0.172. The molecule has 0 spiro atoms. The molecule has 27 heavy (non-hydrogen) atoms. The fourth-order valence-electron chi connectivity index (χ4n) is 3.06. The van der Waals surface area contributed by atoms with Gasteiger partial charge in [-0.25, -0.2) is 0 Å². The van der Waals surface area contributed by atoms with Crippen LogP contribution in [0, 0.1) is 0 Å². The summed E-state index contributed by atoms with van der Waals surface area (Å²) in [5.41, 5.74) is 2.07. The van der Waals surface area contributed by atoms with Gasteiger partial charge in [0.15, 0.2) is 5.78 Å². The van der Waals surface area contributed by atoms with Crippen LogP contribution in [0.5, 0.6) is 5.75 Å². The van der Waals surface area contributed by atoms with Crippen molar-refractivity contribution in [2.45, 2.75) is 26.2 Å². The average molecular weight is 365 g/mol. The number of furan rings is 1. The molecular weight excluding hydrogens is 342 g/mol. The van der Waals surface area contributed by atoms with E-state index in [4.69, 9.17) is 4.42 Å². The summed E-state index contributed by atoms with van der Waals surface area (Å²) in [4.78, 5) is 27.0. The molecule has 2 aromatic carbocycles. The van der Waals surface area contributed by atoms with Crippen molar-refractivity contribution in [3.63, 3.8) is 0 Å². The number of fused-ring (bicyclic) bond motifs is 1. The van der Waals surface area contributed by atoms with Gasteiger partial charge in [0, 0.05) is 37.0 Å². The Hall–Kier alpha value is -3.08. The number of aromatic hydroxyl groups is 1. The van der Waals surface area contributed by atoms with Crippen molar-refractivity contribution in [3.05, 3.63) is 64.9 Å². The van der Waals surface area contributed by atoms with Crippen LogP contribution in [0.25, 0.3) is 11.0 Å². The van der Waals surface area contributed by atoms with Crippen molar-refractivity contribution in [1.29, 1.82) is 0 Å². The number of rotatable bonds is 6. The zero-order valence-corrected chi connectivity index (χ0v) is 15.8. The number of hydrogen-bond acceptors (Lipinski definition) is 4. The Morgan fingerprint density at radius 1 is 1.04 bits per heavy atom. The van der Waals surface area contributed by atoms with E-state index in [-0.39, 0.29) is 17.4 Å². The summed E-state index contributed by atoms with van der Waals surface area (Å²) in [5, 5.41) is 10.1. The van der Waals surface area contributed by atoms with Gasteiger partial charge >= 0.3 is 0 Å². The maximum Gasteiger partial charge on any atom is 0.253 e. The van der Waals surface area contributed by atoms with Crippen LogP contribution in [0.2, 0.25) is 0 Å². The number of aryl methyl sites for hydroxylation is 1. The molecule has 3 rings (SSSR count). The largest absolute Gasteiger partial charge is 0.508 e. The second-order valence-electron chi connectivity index (χ2n) is 6.79. The van der Waals surface area contributed by atoms with Crippen LogP contribution < -0.4 is 0 Å². The highest BCUT2D eigenvalue weighted by atomic mass is 16.3. The third-order valence-corrected chi connectivity index (χ3v) is 4.53. The van der Waals surface area contributed by atoms with E-state index >= 15 is 0 Å². The maximum atomic E-state index is 13.2. The molecule has 1 aromatic heterocycles. The second-order valence-corrected chi connectivity index (χ2v) is 6.79. The molecule has 0 aliphatic heterocycles. The number of carbonyl (C=O) groups excluding carboxylic acids is 2. The van der Waals surface area contributed by atoms with Crippen LogP contribution in [0.1, 0.15) is 51.8 Å². The number of hydrogen-bond donors (Lipinski definition) is 1. The molecule has 1 N–H and O–H groups in total. The SMILES string of the molecule is CCCCc1oc2ccc(C(=O)N(C)C)cc2c1C(=O)c1ccc(O)cc1. The van der Waals surface area contributed by atoms with Crippen LogP contribution in [0.3, 0.4) is 0 Å². The lowest BCUT2D eigenvalue weighted by atomic mass is 9.97. The molecule has 5 heteroatoms. The summed E-state index contributed by atoms with van der Waals surface area (Å²) in [5.74, 6) is 0.443. The van der Waals surface area contributed by atoms with Crippen molar-refractivity contribution in [3.8, 4) is 5.75 Å². The molecule has 1 heterocycles. The molecule has 0 radical (unpaired) electrons. The third kappa shape index (κ3) is 3.72. The summed E-state index contributed by atoms with van der Waals surface area (Å²) < 4.78 is 5.97. The first kappa shape index (κ1) is 18.7. The van der Waals surface area contributed by atoms with E-state index in [0.717, 1.165) is 12.8 Å². The quantitative estimate of drug-likeness (QED) is 0.657. The van der Waals surface area contributed by atoms with Crippen molar-refractivity contribution in [1.82, 2.24) is 4.90 Å². The number of benzene rings is 2. The van der Waals surface area contributed by atoms with Gasteiger partial charge in [0.05, 0.1) is 5.56 Å². The van der Waals surface area contributed by atoms with Crippen molar-refractivity contribution in [2.75, 3.05) is 14.1 Å². The summed E-state index contributed by atoms with van der Waals surface area (Å²) in [6.45, 7) is 2.08. The monoisotopic (exact) mass is 365 g/mol. The molecule has 1 amide bonds. The number of phenols is 1. The number of nitrogens with zero attached hydrogens (tertiary/aromatic N) is 1. The Bertz CT molecular complexity index is 983. The van der Waals surface area contributed by atoms with Gasteiger partial charge in [0.1, 0.15) is 17.1 Å². The van der Waals surface area contributed by atoms with Crippen molar-refractivity contribution >= 4 is 22.7 Å². The Morgan fingerprint density at radius 2 is 1.70 bits per heavy atom. The maximum absolute atomic E-state index is 13.2. The number of amides is 1. The molecular formula is C22H23NO4. The Balaban J connectivity index is 2.16. The Morgan fingerprint density at radius 3 is 2.33 bits per heavy atom. The van der Waals surface area contributed by atoms with Crippen LogP contribution >= 0.6 is 0 Å². The van der Waals surface area contributed by atoms with Crippen LogP contribution in [0.15, 0.2) is 46.9 Å². The lowest BCUT2D eigenvalue weighted by Gasteiger charge is -2.10. The Labute approximate surface area is 158 Å². The summed E-state index contributed by atoms with van der Waals surface area (Å²) in [6, 6.07) is 11.3. The number of phenolic OH excluding ortho intramolecular Hbond substituents is 1. The Kier molecular flexibility index (Phi) is 5.31.